The summed E-state index contributed by atoms with van der Waals surface area (Å²) in [6.07, 6.45) is 0.197. The Bertz CT molecular complexity index is 592. The fourth-order valence-electron chi connectivity index (χ4n) is 3.01. The Balaban J connectivity index is 3.24. The molecule has 0 spiro atoms. The van der Waals surface area contributed by atoms with Crippen LogP contribution in [0.2, 0.25) is 10.0 Å². The highest BCUT2D eigenvalue weighted by molar-refractivity contribution is 6.36. The number of carbonyl (C=O) groups excluding carboxylic acids is 1. The van der Waals surface area contributed by atoms with E-state index < -0.39 is 0 Å². The van der Waals surface area contributed by atoms with Crippen molar-refractivity contribution in [1.29, 1.82) is 0 Å². The smallest absolute Gasteiger partial charge is 0.230 e. The maximum absolute atomic E-state index is 12.9. The first kappa shape index (κ1) is 19.1. The number of likely N-dealkylation sites (N-methyl/N-ethyl adjacent to an activating group) is 1. The lowest BCUT2D eigenvalue weighted by Gasteiger charge is -2.30. The minimum Gasteiger partial charge on any atom is -0.230 e. The van der Waals surface area contributed by atoms with Crippen LogP contribution in [0.4, 0.5) is 0 Å². The minimum absolute atomic E-state index is 0.0340. The maximum atomic E-state index is 12.9. The average molecular weight is 347 g/mol. The Hall–Kier alpha value is -0.940. The third kappa shape index (κ3) is 4.07. The number of hydrogen-bond donors (Lipinski definition) is 0. The van der Waals surface area contributed by atoms with Gasteiger partial charge in [0, 0.05) is 15.6 Å². The van der Waals surface area contributed by atoms with Gasteiger partial charge in [-0.2, -0.15) is 4.48 Å². The van der Waals surface area contributed by atoms with Gasteiger partial charge in [0.1, 0.15) is 14.1 Å². The van der Waals surface area contributed by atoms with Gasteiger partial charge in [-0.25, -0.2) is 4.79 Å². The molecular formula is C16H26Cl2N3O+3. The SMILES string of the molecule is C[N+](C)=C([N+](C)(C)C)[N+](C)(C)C(=O)Cc1c(Cl)cccc1Cl. The van der Waals surface area contributed by atoms with E-state index in [1.54, 1.807) is 18.2 Å². The summed E-state index contributed by atoms with van der Waals surface area (Å²) in [6, 6.07) is 5.29. The summed E-state index contributed by atoms with van der Waals surface area (Å²) < 4.78 is 2.69. The van der Waals surface area contributed by atoms with Gasteiger partial charge >= 0.3 is 11.9 Å². The van der Waals surface area contributed by atoms with Crippen molar-refractivity contribution in [2.24, 2.45) is 0 Å². The van der Waals surface area contributed by atoms with Gasteiger partial charge in [0.15, 0.2) is 0 Å². The van der Waals surface area contributed by atoms with Gasteiger partial charge < -0.3 is 0 Å². The Kier molecular flexibility index (Phi) is 5.79. The normalized spacial score (nSPS) is 12.2. The summed E-state index contributed by atoms with van der Waals surface area (Å²) in [5.41, 5.74) is 0.682. The number of rotatable bonds is 2. The second kappa shape index (κ2) is 6.67. The highest BCUT2D eigenvalue weighted by Crippen LogP contribution is 2.26. The van der Waals surface area contributed by atoms with Gasteiger partial charge in [0.05, 0.1) is 41.7 Å². The quantitative estimate of drug-likeness (QED) is 0.348. The third-order valence-corrected chi connectivity index (χ3v) is 4.22. The summed E-state index contributed by atoms with van der Waals surface area (Å²) in [5, 5.41) is 1.05. The van der Waals surface area contributed by atoms with E-state index >= 15 is 0 Å². The molecule has 22 heavy (non-hydrogen) atoms. The maximum Gasteiger partial charge on any atom is 0.539 e. The molecule has 0 aromatic heterocycles. The van der Waals surface area contributed by atoms with Crippen LogP contribution >= 0.6 is 23.2 Å². The number of hydrogen-bond acceptors (Lipinski definition) is 1. The number of nitrogens with zero attached hydrogens (tertiary/aromatic N) is 3. The molecule has 0 unspecified atom stereocenters. The molecule has 0 heterocycles. The number of halogens is 2. The summed E-state index contributed by atoms with van der Waals surface area (Å²) in [7, 11) is 13.8. The highest BCUT2D eigenvalue weighted by Gasteiger charge is 2.49. The van der Waals surface area contributed by atoms with Crippen molar-refractivity contribution in [3.8, 4) is 0 Å². The van der Waals surface area contributed by atoms with Crippen molar-refractivity contribution in [2.75, 3.05) is 49.3 Å². The number of guanidine groups is 1. The van der Waals surface area contributed by atoms with Gasteiger partial charge in [0.25, 0.3) is 0 Å². The molecule has 1 rings (SSSR count). The number of benzene rings is 1. The zero-order chi connectivity index (χ0) is 17.3. The molecule has 0 radical (unpaired) electrons. The molecular weight excluding hydrogens is 321 g/mol. The fraction of sp³-hybridized carbons (Fsp3) is 0.500. The zero-order valence-corrected chi connectivity index (χ0v) is 16.0. The topological polar surface area (TPSA) is 20.1 Å². The van der Waals surface area contributed by atoms with E-state index in [1.807, 2.05) is 53.9 Å². The minimum atomic E-state index is 0.0340. The molecule has 1 aromatic carbocycles. The molecule has 1 amide bonds. The molecule has 0 atom stereocenters. The van der Waals surface area contributed by atoms with E-state index in [0.29, 0.717) is 20.1 Å². The van der Waals surface area contributed by atoms with Crippen LogP contribution in [0.25, 0.3) is 0 Å². The zero-order valence-electron chi connectivity index (χ0n) is 14.4. The summed E-state index contributed by atoms with van der Waals surface area (Å²) in [4.78, 5) is 12.9. The standard InChI is InChI=1S/C16H26Cl2N3O/c1-19(2)16(20(3,4)5)21(6,7)15(22)11-12-13(17)9-8-10-14(12)18/h8-10H,11H2,1-7H3/q+3. The predicted octanol–water partition coefficient (Wildman–Crippen LogP) is 2.47. The molecule has 0 aliphatic carbocycles. The van der Waals surface area contributed by atoms with Crippen molar-refractivity contribution < 1.29 is 18.3 Å². The molecule has 1 aromatic rings. The lowest BCUT2D eigenvalue weighted by Crippen LogP contribution is -2.65. The second-order valence-corrected chi connectivity index (χ2v) is 7.75. The lowest BCUT2D eigenvalue weighted by atomic mass is 10.1. The first-order chi connectivity index (χ1) is 9.89. The summed E-state index contributed by atoms with van der Waals surface area (Å²) >= 11 is 12.4. The first-order valence-corrected chi connectivity index (χ1v) is 7.81. The van der Waals surface area contributed by atoms with Gasteiger partial charge in [-0.1, -0.05) is 29.3 Å². The predicted molar refractivity (Wildman–Crippen MR) is 92.4 cm³/mol. The number of amides is 1. The van der Waals surface area contributed by atoms with Gasteiger partial charge in [-0.3, -0.25) is 0 Å². The molecule has 122 valence electrons. The van der Waals surface area contributed by atoms with Crippen molar-refractivity contribution in [3.63, 3.8) is 0 Å². The van der Waals surface area contributed by atoms with Crippen molar-refractivity contribution in [2.45, 2.75) is 6.42 Å². The number of quaternary nitrogens is 2. The van der Waals surface area contributed by atoms with Gasteiger partial charge in [-0.05, 0) is 12.1 Å². The van der Waals surface area contributed by atoms with Crippen LogP contribution < -0.4 is 0 Å². The molecule has 0 saturated carbocycles. The van der Waals surface area contributed by atoms with E-state index in [1.165, 1.54) is 0 Å². The molecule has 0 aliphatic heterocycles. The average Bonchev–Trinajstić information content (AvgIpc) is 2.30. The van der Waals surface area contributed by atoms with Crippen LogP contribution in [0, 0.1) is 0 Å². The van der Waals surface area contributed by atoms with E-state index in [9.17, 15) is 4.79 Å². The Labute approximate surface area is 143 Å². The van der Waals surface area contributed by atoms with E-state index in [-0.39, 0.29) is 16.8 Å². The van der Waals surface area contributed by atoms with Crippen LogP contribution in [0.1, 0.15) is 5.56 Å². The van der Waals surface area contributed by atoms with Crippen molar-refractivity contribution in [3.05, 3.63) is 33.8 Å². The Morgan fingerprint density at radius 3 is 1.86 bits per heavy atom. The molecule has 4 nitrogen and oxygen atoms in total. The van der Waals surface area contributed by atoms with Crippen LogP contribution in [0.15, 0.2) is 18.2 Å². The van der Waals surface area contributed by atoms with Gasteiger partial charge in [-0.15, -0.1) is 9.06 Å². The lowest BCUT2D eigenvalue weighted by molar-refractivity contribution is -0.913. The molecule has 6 heteroatoms. The van der Waals surface area contributed by atoms with E-state index in [4.69, 9.17) is 23.2 Å². The molecule has 0 bridgehead atoms. The molecule has 0 N–H and O–H groups in total. The van der Waals surface area contributed by atoms with Crippen LogP contribution in [0.5, 0.6) is 0 Å². The largest absolute Gasteiger partial charge is 0.539 e. The van der Waals surface area contributed by atoms with E-state index in [0.717, 1.165) is 5.96 Å². The Morgan fingerprint density at radius 2 is 1.50 bits per heavy atom. The summed E-state index contributed by atoms with van der Waals surface area (Å²) in [6.45, 7) is 0. The summed E-state index contributed by atoms with van der Waals surface area (Å²) in [5.74, 6) is 1.000. The molecule has 0 saturated heterocycles. The van der Waals surface area contributed by atoms with Gasteiger partial charge in [0.2, 0.25) is 0 Å². The van der Waals surface area contributed by atoms with E-state index in [2.05, 4.69) is 0 Å². The fourth-order valence-corrected chi connectivity index (χ4v) is 3.54. The molecule has 0 aliphatic rings. The van der Waals surface area contributed by atoms with Crippen LogP contribution in [-0.2, 0) is 11.2 Å². The second-order valence-electron chi connectivity index (χ2n) is 6.93. The number of carbonyl (C=O) groups is 1. The monoisotopic (exact) mass is 346 g/mol. The van der Waals surface area contributed by atoms with Crippen LogP contribution in [0.3, 0.4) is 0 Å². The third-order valence-electron chi connectivity index (χ3n) is 3.51. The first-order valence-electron chi connectivity index (χ1n) is 7.06. The Morgan fingerprint density at radius 1 is 1.05 bits per heavy atom. The molecule has 0 fully saturated rings. The van der Waals surface area contributed by atoms with Crippen molar-refractivity contribution in [1.82, 2.24) is 0 Å². The van der Waals surface area contributed by atoms with Crippen LogP contribution in [-0.4, -0.2) is 74.7 Å². The van der Waals surface area contributed by atoms with Crippen molar-refractivity contribution >= 4 is 35.1 Å². The highest BCUT2D eigenvalue weighted by atomic mass is 35.5.